The lowest BCUT2D eigenvalue weighted by Crippen LogP contribution is -2.53. The van der Waals surface area contributed by atoms with Crippen LogP contribution in [0.1, 0.15) is 33.3 Å². The zero-order valence-electron chi connectivity index (χ0n) is 18.5. The van der Waals surface area contributed by atoms with E-state index in [4.69, 9.17) is 27.7 Å². The van der Waals surface area contributed by atoms with Crippen molar-refractivity contribution in [3.05, 3.63) is 35.9 Å². The van der Waals surface area contributed by atoms with E-state index in [1.54, 1.807) is 27.7 Å². The molecular weight excluding hydrogens is 447 g/mol. The maximum absolute atomic E-state index is 12.5. The fourth-order valence-corrected chi connectivity index (χ4v) is 5.92. The number of fused-ring (bicyclic) bond motifs is 1. The van der Waals surface area contributed by atoms with Crippen LogP contribution in [-0.2, 0) is 42.3 Å². The number of ether oxygens (including phenoxy) is 4. The summed E-state index contributed by atoms with van der Waals surface area (Å²) in [5.74, 6) is -3.05. The lowest BCUT2D eigenvalue weighted by Gasteiger charge is -2.30. The summed E-state index contributed by atoms with van der Waals surface area (Å²) >= 11 is 0. The van der Waals surface area contributed by atoms with Crippen molar-refractivity contribution in [3.63, 3.8) is 0 Å². The summed E-state index contributed by atoms with van der Waals surface area (Å²) < 4.78 is 68.8. The average molecular weight is 477 g/mol. The van der Waals surface area contributed by atoms with E-state index >= 15 is 0 Å². The molecular formula is C20H30O9PS+. The molecule has 4 rings (SSSR count). The lowest BCUT2D eigenvalue weighted by atomic mass is 10.0. The van der Waals surface area contributed by atoms with Gasteiger partial charge in [0.15, 0.2) is 23.8 Å². The third-order valence-electron chi connectivity index (χ3n) is 4.81. The van der Waals surface area contributed by atoms with Crippen LogP contribution >= 0.6 is 8.03 Å². The van der Waals surface area contributed by atoms with Crippen LogP contribution in [0.2, 0.25) is 0 Å². The quantitative estimate of drug-likeness (QED) is 0.479. The molecule has 0 saturated carbocycles. The van der Waals surface area contributed by atoms with E-state index in [0.29, 0.717) is 0 Å². The van der Waals surface area contributed by atoms with E-state index in [-0.39, 0.29) is 6.61 Å². The van der Waals surface area contributed by atoms with Gasteiger partial charge in [0, 0.05) is 0 Å². The molecule has 1 aromatic rings. The molecule has 0 amide bonds. The molecule has 3 aliphatic heterocycles. The minimum atomic E-state index is -3.84. The first-order valence-electron chi connectivity index (χ1n) is 9.97. The van der Waals surface area contributed by atoms with Crippen molar-refractivity contribution in [1.29, 1.82) is 0 Å². The standard InChI is InChI=1S/C13H22O9PS.C7H8/c1-12(2)17-6-7(18-12)8-9-10(20-13(3,4)19-9)11(23(14)21-8)22-24(5,15)16;1-7-5-3-2-4-6-7/h7-11H,6H2,1-5H3;2-6H,1H3/q+1;/t7-,8-,9+,10+,11-;/m1./s1. The molecule has 0 N–H and O–H groups in total. The van der Waals surface area contributed by atoms with Crippen molar-refractivity contribution in [2.24, 2.45) is 0 Å². The molecule has 0 bridgehead atoms. The van der Waals surface area contributed by atoms with Crippen molar-refractivity contribution >= 4 is 18.1 Å². The molecule has 1 aromatic carbocycles. The summed E-state index contributed by atoms with van der Waals surface area (Å²) in [7, 11) is -6.31. The van der Waals surface area contributed by atoms with Crippen molar-refractivity contribution < 1.29 is 40.6 Å². The first-order valence-corrected chi connectivity index (χ1v) is 13.0. The summed E-state index contributed by atoms with van der Waals surface area (Å²) in [6.45, 7) is 9.22. The van der Waals surface area contributed by atoms with Gasteiger partial charge in [0.05, 0.1) is 12.9 Å². The maximum atomic E-state index is 12.5. The average Bonchev–Trinajstić information content (AvgIpc) is 3.16. The van der Waals surface area contributed by atoms with Crippen LogP contribution in [0.25, 0.3) is 0 Å². The van der Waals surface area contributed by atoms with Crippen LogP contribution < -0.4 is 0 Å². The fraction of sp³-hybridized carbons (Fsp3) is 0.700. The van der Waals surface area contributed by atoms with Crippen molar-refractivity contribution in [1.82, 2.24) is 0 Å². The molecule has 174 valence electrons. The molecule has 3 saturated heterocycles. The number of rotatable bonds is 3. The molecule has 1 unspecified atom stereocenters. The highest BCUT2D eigenvalue weighted by Gasteiger charge is 2.66. The molecule has 0 radical (unpaired) electrons. The summed E-state index contributed by atoms with van der Waals surface area (Å²) in [6, 6.07) is 10.3. The Morgan fingerprint density at radius 3 is 2.06 bits per heavy atom. The summed E-state index contributed by atoms with van der Waals surface area (Å²) in [5, 5.41) is 0. The van der Waals surface area contributed by atoms with Gasteiger partial charge in [-0.15, -0.1) is 4.52 Å². The smallest absolute Gasteiger partial charge is 0.348 e. The third kappa shape index (κ3) is 6.52. The Kier molecular flexibility index (Phi) is 7.25. The van der Waals surface area contributed by atoms with E-state index in [1.807, 2.05) is 18.2 Å². The van der Waals surface area contributed by atoms with Gasteiger partial charge in [0.2, 0.25) is 0 Å². The van der Waals surface area contributed by atoms with Crippen molar-refractivity contribution in [2.75, 3.05) is 12.9 Å². The second-order valence-corrected chi connectivity index (χ2v) is 11.5. The number of aryl methyl sites for hydroxylation is 1. The lowest BCUT2D eigenvalue weighted by molar-refractivity contribution is -0.173. The van der Waals surface area contributed by atoms with Gasteiger partial charge in [0.25, 0.3) is 10.1 Å². The van der Waals surface area contributed by atoms with Crippen LogP contribution in [0.3, 0.4) is 0 Å². The molecule has 0 aliphatic carbocycles. The van der Waals surface area contributed by atoms with Crippen molar-refractivity contribution in [2.45, 2.75) is 76.5 Å². The molecule has 0 aromatic heterocycles. The molecule has 11 heteroatoms. The molecule has 3 aliphatic rings. The largest absolute Gasteiger partial charge is 0.545 e. The van der Waals surface area contributed by atoms with Gasteiger partial charge < -0.3 is 18.9 Å². The highest BCUT2D eigenvalue weighted by molar-refractivity contribution is 7.86. The van der Waals surface area contributed by atoms with Gasteiger partial charge in [-0.1, -0.05) is 35.9 Å². The Morgan fingerprint density at radius 2 is 1.58 bits per heavy atom. The van der Waals surface area contributed by atoms with Gasteiger partial charge in [0.1, 0.15) is 12.2 Å². The fourth-order valence-electron chi connectivity index (χ4n) is 3.61. The SMILES string of the molecule is CC1(C)O[C@H]2[C@@H]([C@H]3COC(C)(C)O3)O[P+](=O)[C@@H](OS(C)(=O)=O)[C@H]2O1.Cc1ccccc1. The Balaban J connectivity index is 0.000000330. The predicted octanol–water partition coefficient (Wildman–Crippen LogP) is 3.10. The number of benzene rings is 1. The van der Waals surface area contributed by atoms with Gasteiger partial charge in [-0.25, -0.2) is 4.18 Å². The summed E-state index contributed by atoms with van der Waals surface area (Å²) in [6.07, 6.45) is -1.90. The highest BCUT2D eigenvalue weighted by atomic mass is 32.2. The molecule has 6 atom stereocenters. The first-order chi connectivity index (χ1) is 14.3. The van der Waals surface area contributed by atoms with Crippen LogP contribution in [0.5, 0.6) is 0 Å². The van der Waals surface area contributed by atoms with Gasteiger partial charge in [-0.2, -0.15) is 8.42 Å². The minimum Gasteiger partial charge on any atom is -0.348 e. The second-order valence-electron chi connectivity index (χ2n) is 8.63. The van der Waals surface area contributed by atoms with Gasteiger partial charge in [-0.05, 0) is 39.2 Å². The molecule has 9 nitrogen and oxygen atoms in total. The topological polar surface area (TPSA) is 107 Å². The van der Waals surface area contributed by atoms with Crippen LogP contribution in [0.15, 0.2) is 30.3 Å². The van der Waals surface area contributed by atoms with E-state index in [1.165, 1.54) is 5.56 Å². The molecule has 31 heavy (non-hydrogen) atoms. The van der Waals surface area contributed by atoms with Crippen LogP contribution in [0.4, 0.5) is 0 Å². The zero-order valence-corrected chi connectivity index (χ0v) is 20.2. The van der Waals surface area contributed by atoms with Crippen LogP contribution in [0, 0.1) is 6.92 Å². The van der Waals surface area contributed by atoms with E-state index in [9.17, 15) is 13.0 Å². The minimum absolute atomic E-state index is 0.242. The maximum Gasteiger partial charge on any atom is 0.545 e. The van der Waals surface area contributed by atoms with E-state index in [0.717, 1.165) is 6.26 Å². The second kappa shape index (κ2) is 9.11. The number of hydrogen-bond donors (Lipinski definition) is 0. The Bertz CT molecular complexity index is 887. The third-order valence-corrected chi connectivity index (χ3v) is 6.78. The Morgan fingerprint density at radius 1 is 0.968 bits per heavy atom. The van der Waals surface area contributed by atoms with Gasteiger partial charge in [-0.3, -0.25) is 0 Å². The van der Waals surface area contributed by atoms with Gasteiger partial charge >= 0.3 is 13.9 Å². The normalized spacial score (nSPS) is 35.2. The summed E-state index contributed by atoms with van der Waals surface area (Å²) in [4.78, 5) is 0. The highest BCUT2D eigenvalue weighted by Crippen LogP contribution is 2.50. The molecule has 0 spiro atoms. The predicted molar refractivity (Wildman–Crippen MR) is 112 cm³/mol. The Labute approximate surface area is 184 Å². The zero-order chi connectivity index (χ0) is 23.0. The summed E-state index contributed by atoms with van der Waals surface area (Å²) in [5.41, 5.74) is 1.32. The molecule has 3 heterocycles. The Hall–Kier alpha value is -0.970. The monoisotopic (exact) mass is 477 g/mol. The molecule has 3 fully saturated rings. The van der Waals surface area contributed by atoms with E-state index < -0.39 is 60.0 Å². The van der Waals surface area contributed by atoms with Crippen LogP contribution in [-0.4, -0.2) is 63.1 Å². The van der Waals surface area contributed by atoms with E-state index in [2.05, 4.69) is 19.1 Å². The number of hydrogen-bond acceptors (Lipinski definition) is 9. The van der Waals surface area contributed by atoms with Crippen molar-refractivity contribution in [3.8, 4) is 0 Å². The first kappa shape index (κ1) is 24.7.